The molecule has 0 unspecified atom stereocenters. The molecule has 0 atom stereocenters. The van der Waals surface area contributed by atoms with Crippen molar-refractivity contribution in [1.29, 1.82) is 0 Å². The zero-order valence-corrected chi connectivity index (χ0v) is 18.1. The topological polar surface area (TPSA) is 127 Å². The number of nitrogens with zero attached hydrogens (tertiary/aromatic N) is 2. The third-order valence-electron chi connectivity index (χ3n) is 4.44. The standard InChI is InChI=1S/C22H22N4O5S/c1-16(27)25-32(30,31)19-11-9-18(10-12-19)23-21(28)8-5-15-26-22(29)14-13-20(24-26)17-6-3-2-4-7-17/h2-4,6-7,9-14H,5,8,15H2,1H3,(H,23,28)(H,25,27). The quantitative estimate of drug-likeness (QED) is 0.537. The molecule has 32 heavy (non-hydrogen) atoms. The van der Waals surface area contributed by atoms with Crippen LogP contribution >= 0.6 is 0 Å². The van der Waals surface area contributed by atoms with E-state index in [-0.39, 0.29) is 29.3 Å². The highest BCUT2D eigenvalue weighted by Crippen LogP contribution is 2.15. The minimum atomic E-state index is -3.93. The van der Waals surface area contributed by atoms with E-state index in [0.717, 1.165) is 12.5 Å². The Morgan fingerprint density at radius 2 is 1.66 bits per heavy atom. The number of sulfonamides is 1. The van der Waals surface area contributed by atoms with Crippen molar-refractivity contribution in [2.24, 2.45) is 0 Å². The minimum absolute atomic E-state index is 0.0885. The molecule has 3 rings (SSSR count). The van der Waals surface area contributed by atoms with E-state index >= 15 is 0 Å². The van der Waals surface area contributed by atoms with Crippen molar-refractivity contribution in [2.75, 3.05) is 5.32 Å². The average Bonchev–Trinajstić information content (AvgIpc) is 2.75. The summed E-state index contributed by atoms with van der Waals surface area (Å²) in [6.07, 6.45) is 0.543. The molecule has 10 heteroatoms. The molecule has 2 N–H and O–H groups in total. The average molecular weight is 455 g/mol. The lowest BCUT2D eigenvalue weighted by atomic mass is 10.1. The Hall–Kier alpha value is -3.79. The van der Waals surface area contributed by atoms with Crippen LogP contribution in [0, 0.1) is 0 Å². The van der Waals surface area contributed by atoms with Gasteiger partial charge in [-0.15, -0.1) is 0 Å². The van der Waals surface area contributed by atoms with E-state index in [1.165, 1.54) is 35.0 Å². The summed E-state index contributed by atoms with van der Waals surface area (Å²) in [6.45, 7) is 1.38. The first-order valence-electron chi connectivity index (χ1n) is 9.81. The van der Waals surface area contributed by atoms with Crippen molar-refractivity contribution >= 4 is 27.5 Å². The number of carbonyl (C=O) groups excluding carboxylic acids is 2. The molecule has 2 aromatic carbocycles. The number of nitrogens with one attached hydrogen (secondary N) is 2. The van der Waals surface area contributed by atoms with Crippen molar-refractivity contribution < 1.29 is 18.0 Å². The highest BCUT2D eigenvalue weighted by Gasteiger charge is 2.15. The van der Waals surface area contributed by atoms with Crippen LogP contribution in [0.2, 0.25) is 0 Å². The van der Waals surface area contributed by atoms with Crippen LogP contribution in [0.5, 0.6) is 0 Å². The van der Waals surface area contributed by atoms with Gasteiger partial charge in [0.1, 0.15) is 0 Å². The predicted molar refractivity (Wildman–Crippen MR) is 119 cm³/mol. The van der Waals surface area contributed by atoms with E-state index in [0.29, 0.717) is 17.8 Å². The SMILES string of the molecule is CC(=O)NS(=O)(=O)c1ccc(NC(=O)CCCn2nc(-c3ccccc3)ccc2=O)cc1. The zero-order valence-electron chi connectivity index (χ0n) is 17.3. The molecule has 0 radical (unpaired) electrons. The van der Waals surface area contributed by atoms with Gasteiger partial charge in [-0.1, -0.05) is 30.3 Å². The van der Waals surface area contributed by atoms with Crippen LogP contribution in [-0.2, 0) is 26.2 Å². The molecule has 2 amide bonds. The monoisotopic (exact) mass is 454 g/mol. The van der Waals surface area contributed by atoms with Crippen LogP contribution < -0.4 is 15.6 Å². The van der Waals surface area contributed by atoms with E-state index in [4.69, 9.17) is 0 Å². The van der Waals surface area contributed by atoms with Crippen molar-refractivity contribution in [2.45, 2.75) is 31.2 Å². The van der Waals surface area contributed by atoms with Crippen LogP contribution in [0.3, 0.4) is 0 Å². The zero-order chi connectivity index (χ0) is 23.1. The van der Waals surface area contributed by atoms with Crippen molar-refractivity contribution in [1.82, 2.24) is 14.5 Å². The molecule has 1 aromatic heterocycles. The molecule has 0 bridgehead atoms. The highest BCUT2D eigenvalue weighted by molar-refractivity contribution is 7.90. The summed E-state index contributed by atoms with van der Waals surface area (Å²) in [4.78, 5) is 35.2. The van der Waals surface area contributed by atoms with E-state index < -0.39 is 15.9 Å². The molecular weight excluding hydrogens is 432 g/mol. The van der Waals surface area contributed by atoms with Crippen LogP contribution in [0.4, 0.5) is 5.69 Å². The van der Waals surface area contributed by atoms with E-state index in [1.807, 2.05) is 35.1 Å². The maximum Gasteiger partial charge on any atom is 0.266 e. The molecule has 9 nitrogen and oxygen atoms in total. The van der Waals surface area contributed by atoms with E-state index in [2.05, 4.69) is 10.4 Å². The number of rotatable bonds is 8. The molecule has 0 fully saturated rings. The summed E-state index contributed by atoms with van der Waals surface area (Å²) in [7, 11) is -3.93. The lowest BCUT2D eigenvalue weighted by Crippen LogP contribution is -2.28. The Morgan fingerprint density at radius 1 is 0.969 bits per heavy atom. The molecular formula is C22H22N4O5S. The fourth-order valence-corrected chi connectivity index (χ4v) is 3.94. The number of hydrogen-bond acceptors (Lipinski definition) is 6. The molecule has 0 aliphatic rings. The summed E-state index contributed by atoms with van der Waals surface area (Å²) in [5.74, 6) is -0.972. The van der Waals surface area contributed by atoms with E-state index in [9.17, 15) is 22.8 Å². The van der Waals surface area contributed by atoms with Gasteiger partial charge in [-0.3, -0.25) is 14.4 Å². The first-order valence-corrected chi connectivity index (χ1v) is 11.3. The first-order chi connectivity index (χ1) is 15.2. The molecule has 0 saturated heterocycles. The van der Waals surface area contributed by atoms with Gasteiger partial charge in [-0.25, -0.2) is 17.8 Å². The molecule has 1 heterocycles. The van der Waals surface area contributed by atoms with Gasteiger partial charge in [0.15, 0.2) is 0 Å². The summed E-state index contributed by atoms with van der Waals surface area (Å²) in [5.41, 5.74) is 1.73. The van der Waals surface area contributed by atoms with Gasteiger partial charge in [-0.2, -0.15) is 5.10 Å². The fraction of sp³-hybridized carbons (Fsp3) is 0.182. The molecule has 0 saturated carbocycles. The number of benzene rings is 2. The van der Waals surface area contributed by atoms with Crippen molar-refractivity contribution in [3.05, 3.63) is 77.1 Å². The van der Waals surface area contributed by atoms with Gasteiger partial charge in [0.2, 0.25) is 11.8 Å². The predicted octanol–water partition coefficient (Wildman–Crippen LogP) is 2.15. The Kier molecular flexibility index (Phi) is 7.16. The summed E-state index contributed by atoms with van der Waals surface area (Å²) < 4.78 is 27.1. The summed E-state index contributed by atoms with van der Waals surface area (Å²) >= 11 is 0. The second kappa shape index (κ2) is 10.0. The third kappa shape index (κ3) is 6.11. The third-order valence-corrected chi connectivity index (χ3v) is 5.89. The number of carbonyl (C=O) groups is 2. The second-order valence-corrected chi connectivity index (χ2v) is 8.67. The number of hydrogen-bond donors (Lipinski definition) is 2. The van der Waals surface area contributed by atoms with Gasteiger partial charge in [-0.05, 0) is 36.8 Å². The number of aryl methyl sites for hydroxylation is 1. The van der Waals surface area contributed by atoms with E-state index in [1.54, 1.807) is 6.07 Å². The largest absolute Gasteiger partial charge is 0.326 e. The van der Waals surface area contributed by atoms with Gasteiger partial charge in [0, 0.05) is 37.2 Å². The maximum absolute atomic E-state index is 12.2. The Balaban J connectivity index is 1.56. The smallest absolute Gasteiger partial charge is 0.266 e. The normalized spacial score (nSPS) is 11.0. The molecule has 0 aliphatic carbocycles. The van der Waals surface area contributed by atoms with Gasteiger partial charge in [0.25, 0.3) is 15.6 Å². The number of aromatic nitrogens is 2. The number of anilines is 1. The fourth-order valence-electron chi connectivity index (χ4n) is 2.95. The lowest BCUT2D eigenvalue weighted by molar-refractivity contribution is -0.117. The summed E-state index contributed by atoms with van der Waals surface area (Å²) in [5, 5.41) is 7.03. The highest BCUT2D eigenvalue weighted by atomic mass is 32.2. The van der Waals surface area contributed by atoms with Crippen LogP contribution in [0.15, 0.2) is 76.4 Å². The number of amides is 2. The van der Waals surface area contributed by atoms with Crippen molar-refractivity contribution in [3.8, 4) is 11.3 Å². The maximum atomic E-state index is 12.2. The summed E-state index contributed by atoms with van der Waals surface area (Å²) in [6, 6.07) is 18.0. The van der Waals surface area contributed by atoms with Gasteiger partial charge in [0.05, 0.1) is 10.6 Å². The minimum Gasteiger partial charge on any atom is -0.326 e. The Bertz CT molecular complexity index is 1270. The Morgan fingerprint density at radius 3 is 2.31 bits per heavy atom. The molecule has 3 aromatic rings. The van der Waals surface area contributed by atoms with Gasteiger partial charge < -0.3 is 5.32 Å². The Labute approximate surface area is 185 Å². The second-order valence-electron chi connectivity index (χ2n) is 6.98. The molecule has 166 valence electrons. The molecule has 0 spiro atoms. The van der Waals surface area contributed by atoms with Crippen molar-refractivity contribution in [3.63, 3.8) is 0 Å². The van der Waals surface area contributed by atoms with Gasteiger partial charge >= 0.3 is 0 Å². The molecule has 0 aliphatic heterocycles. The van der Waals surface area contributed by atoms with Crippen LogP contribution in [-0.4, -0.2) is 30.0 Å². The lowest BCUT2D eigenvalue weighted by Gasteiger charge is -2.09. The van der Waals surface area contributed by atoms with Crippen LogP contribution in [0.25, 0.3) is 11.3 Å². The first kappa shape index (κ1) is 22.9. The van der Waals surface area contributed by atoms with Crippen LogP contribution in [0.1, 0.15) is 19.8 Å².